The largest absolute Gasteiger partial charge is 0.464 e. The summed E-state index contributed by atoms with van der Waals surface area (Å²) in [5, 5.41) is 1.09. The second kappa shape index (κ2) is 5.76. The molecule has 0 amide bonds. The number of esters is 1. The molecule has 3 heterocycles. The molecule has 0 saturated carbocycles. The third kappa shape index (κ3) is 2.71. The molecule has 0 aliphatic carbocycles. The van der Waals surface area contributed by atoms with Crippen LogP contribution in [0.3, 0.4) is 0 Å². The number of piperazine rings is 1. The van der Waals surface area contributed by atoms with Gasteiger partial charge in [-0.15, -0.1) is 0 Å². The van der Waals surface area contributed by atoms with Crippen molar-refractivity contribution in [3.63, 3.8) is 0 Å². The third-order valence-electron chi connectivity index (χ3n) is 3.75. The first-order valence-electron chi connectivity index (χ1n) is 6.62. The molecule has 3 rings (SSSR count). The lowest BCUT2D eigenvalue weighted by molar-refractivity contribution is -0.142. The number of cyclic esters (lactones) is 1. The summed E-state index contributed by atoms with van der Waals surface area (Å²) in [6, 6.07) is 1.62. The molecule has 0 N–H and O–H groups in total. The number of pyridine rings is 1. The number of halogens is 2. The molecular formula is C13H15Cl2N3O2. The van der Waals surface area contributed by atoms with Gasteiger partial charge in [0.15, 0.2) is 0 Å². The summed E-state index contributed by atoms with van der Waals surface area (Å²) >= 11 is 12.0. The number of hydrogen-bond donors (Lipinski definition) is 0. The van der Waals surface area contributed by atoms with Gasteiger partial charge in [0, 0.05) is 38.8 Å². The number of carbonyl (C=O) groups excluding carboxylic acids is 1. The fraction of sp³-hybridized carbons (Fsp3) is 0.538. The number of nitrogens with zero attached hydrogens (tertiary/aromatic N) is 3. The minimum atomic E-state index is -0.0962. The van der Waals surface area contributed by atoms with Gasteiger partial charge >= 0.3 is 5.97 Å². The van der Waals surface area contributed by atoms with E-state index in [-0.39, 0.29) is 12.0 Å². The third-order valence-corrected chi connectivity index (χ3v) is 4.24. The van der Waals surface area contributed by atoms with Crippen LogP contribution in [0.2, 0.25) is 10.0 Å². The Kier molecular flexibility index (Phi) is 4.01. The van der Waals surface area contributed by atoms with E-state index in [2.05, 4.69) is 14.8 Å². The van der Waals surface area contributed by atoms with Crippen LogP contribution in [0.15, 0.2) is 12.3 Å². The first-order chi connectivity index (χ1) is 9.65. The van der Waals surface area contributed by atoms with Gasteiger partial charge in [-0.25, -0.2) is 4.98 Å². The maximum atomic E-state index is 11.6. The Labute approximate surface area is 127 Å². The molecule has 2 saturated heterocycles. The lowest BCUT2D eigenvalue weighted by Crippen LogP contribution is -2.51. The molecule has 2 aliphatic heterocycles. The molecular weight excluding hydrogens is 301 g/mol. The topological polar surface area (TPSA) is 45.7 Å². The van der Waals surface area contributed by atoms with Crippen LogP contribution in [0.4, 0.5) is 5.82 Å². The van der Waals surface area contributed by atoms with Crippen molar-refractivity contribution in [2.24, 2.45) is 0 Å². The first-order valence-corrected chi connectivity index (χ1v) is 7.37. The Morgan fingerprint density at radius 2 is 2.00 bits per heavy atom. The normalized spacial score (nSPS) is 24.0. The summed E-state index contributed by atoms with van der Waals surface area (Å²) < 4.78 is 5.02. The van der Waals surface area contributed by atoms with Gasteiger partial charge < -0.3 is 9.64 Å². The summed E-state index contributed by atoms with van der Waals surface area (Å²) in [6.07, 6.45) is 2.39. The van der Waals surface area contributed by atoms with Gasteiger partial charge in [0.25, 0.3) is 0 Å². The van der Waals surface area contributed by atoms with E-state index < -0.39 is 0 Å². The number of hydrogen-bond acceptors (Lipinski definition) is 5. The Hall–Kier alpha value is -1.04. The Balaban J connectivity index is 1.65. The van der Waals surface area contributed by atoms with Crippen molar-refractivity contribution in [2.45, 2.75) is 12.5 Å². The van der Waals surface area contributed by atoms with E-state index in [1.807, 2.05) is 0 Å². The van der Waals surface area contributed by atoms with Gasteiger partial charge in [0.2, 0.25) is 0 Å². The first kappa shape index (κ1) is 13.9. The average Bonchev–Trinajstić information content (AvgIpc) is 2.85. The lowest BCUT2D eigenvalue weighted by Gasteiger charge is -2.37. The standard InChI is InChI=1S/C13H15Cl2N3O2/c14-9-7-10(15)12(16-8-9)18-4-2-17(3-5-18)11-1-6-20-13(11)19/h7-8,11H,1-6H2/t11-/m0/s1. The second-order valence-electron chi connectivity index (χ2n) is 4.95. The number of aromatic nitrogens is 1. The van der Waals surface area contributed by atoms with Crippen LogP contribution < -0.4 is 4.90 Å². The number of ether oxygens (including phenoxy) is 1. The molecule has 0 spiro atoms. The van der Waals surface area contributed by atoms with Gasteiger partial charge in [0.05, 0.1) is 16.7 Å². The molecule has 20 heavy (non-hydrogen) atoms. The second-order valence-corrected chi connectivity index (χ2v) is 5.80. The molecule has 1 aromatic heterocycles. The van der Waals surface area contributed by atoms with E-state index in [4.69, 9.17) is 27.9 Å². The molecule has 0 aromatic carbocycles. The zero-order valence-electron chi connectivity index (χ0n) is 10.9. The van der Waals surface area contributed by atoms with Crippen molar-refractivity contribution in [1.82, 2.24) is 9.88 Å². The monoisotopic (exact) mass is 315 g/mol. The smallest absolute Gasteiger partial charge is 0.323 e. The van der Waals surface area contributed by atoms with Crippen LogP contribution in [0.1, 0.15) is 6.42 Å². The van der Waals surface area contributed by atoms with Crippen molar-refractivity contribution in [2.75, 3.05) is 37.7 Å². The molecule has 0 bridgehead atoms. The molecule has 1 atom stereocenters. The fourth-order valence-corrected chi connectivity index (χ4v) is 3.20. The quantitative estimate of drug-likeness (QED) is 0.779. The zero-order chi connectivity index (χ0) is 14.1. The van der Waals surface area contributed by atoms with E-state index in [9.17, 15) is 4.79 Å². The highest BCUT2D eigenvalue weighted by Crippen LogP contribution is 2.27. The fourth-order valence-electron chi connectivity index (χ4n) is 2.70. The number of rotatable bonds is 2. The predicted octanol–water partition coefficient (Wildman–Crippen LogP) is 1.83. The highest BCUT2D eigenvalue weighted by Gasteiger charge is 2.34. The highest BCUT2D eigenvalue weighted by molar-refractivity contribution is 6.36. The van der Waals surface area contributed by atoms with Crippen molar-refractivity contribution < 1.29 is 9.53 Å². The van der Waals surface area contributed by atoms with Crippen LogP contribution in [0.5, 0.6) is 0 Å². The van der Waals surface area contributed by atoms with E-state index in [1.54, 1.807) is 12.3 Å². The van der Waals surface area contributed by atoms with Crippen LogP contribution in [0, 0.1) is 0 Å². The van der Waals surface area contributed by atoms with Crippen LogP contribution in [-0.4, -0.2) is 54.7 Å². The SMILES string of the molecule is O=C1OCC[C@@H]1N1CCN(c2ncc(Cl)cc2Cl)CC1. The average molecular weight is 316 g/mol. The van der Waals surface area contributed by atoms with E-state index in [0.717, 1.165) is 38.4 Å². The number of anilines is 1. The molecule has 7 heteroatoms. The maximum Gasteiger partial charge on any atom is 0.323 e. The minimum absolute atomic E-state index is 0.0780. The Morgan fingerprint density at radius 3 is 2.60 bits per heavy atom. The molecule has 0 unspecified atom stereocenters. The van der Waals surface area contributed by atoms with Gasteiger partial charge in [0.1, 0.15) is 11.9 Å². The lowest BCUT2D eigenvalue weighted by atomic mass is 10.2. The Bertz CT molecular complexity index is 518. The highest BCUT2D eigenvalue weighted by atomic mass is 35.5. The van der Waals surface area contributed by atoms with Crippen LogP contribution >= 0.6 is 23.2 Å². The van der Waals surface area contributed by atoms with Gasteiger partial charge in [-0.05, 0) is 6.07 Å². The maximum absolute atomic E-state index is 11.6. The molecule has 0 radical (unpaired) electrons. The zero-order valence-corrected chi connectivity index (χ0v) is 12.4. The summed E-state index contributed by atoms with van der Waals surface area (Å²) in [7, 11) is 0. The van der Waals surface area contributed by atoms with Gasteiger partial charge in [-0.3, -0.25) is 9.69 Å². The van der Waals surface area contributed by atoms with E-state index >= 15 is 0 Å². The molecule has 2 aliphatic rings. The van der Waals surface area contributed by atoms with Gasteiger partial charge in [-0.1, -0.05) is 23.2 Å². The van der Waals surface area contributed by atoms with Gasteiger partial charge in [-0.2, -0.15) is 0 Å². The molecule has 1 aromatic rings. The molecule has 5 nitrogen and oxygen atoms in total. The van der Waals surface area contributed by atoms with Crippen LogP contribution in [-0.2, 0) is 9.53 Å². The predicted molar refractivity (Wildman–Crippen MR) is 77.4 cm³/mol. The number of carbonyl (C=O) groups is 1. The van der Waals surface area contributed by atoms with Crippen LogP contribution in [0.25, 0.3) is 0 Å². The summed E-state index contributed by atoms with van der Waals surface area (Å²) in [6.45, 7) is 3.73. The van der Waals surface area contributed by atoms with Crippen molar-refractivity contribution in [3.8, 4) is 0 Å². The van der Waals surface area contributed by atoms with Crippen molar-refractivity contribution in [3.05, 3.63) is 22.3 Å². The minimum Gasteiger partial charge on any atom is -0.464 e. The Morgan fingerprint density at radius 1 is 1.25 bits per heavy atom. The molecule has 2 fully saturated rings. The van der Waals surface area contributed by atoms with Crippen molar-refractivity contribution >= 4 is 35.0 Å². The summed E-state index contributed by atoms with van der Waals surface area (Å²) in [5.74, 6) is 0.658. The van der Waals surface area contributed by atoms with Crippen molar-refractivity contribution in [1.29, 1.82) is 0 Å². The molecule has 108 valence electrons. The van der Waals surface area contributed by atoms with E-state index in [1.165, 1.54) is 0 Å². The summed E-state index contributed by atoms with van der Waals surface area (Å²) in [5.41, 5.74) is 0. The van der Waals surface area contributed by atoms with E-state index in [0.29, 0.717) is 16.7 Å². The summed E-state index contributed by atoms with van der Waals surface area (Å²) in [4.78, 5) is 20.2.